The molecule has 0 aliphatic heterocycles. The number of hydrogen-bond donors (Lipinski definition) is 1. The Bertz CT molecular complexity index is 270. The maximum absolute atomic E-state index is 10.8. The predicted octanol–water partition coefficient (Wildman–Crippen LogP) is -10.4. The topological polar surface area (TPSA) is 133 Å². The van der Waals surface area contributed by atoms with Crippen molar-refractivity contribution in [3.63, 3.8) is 0 Å². The summed E-state index contributed by atoms with van der Waals surface area (Å²) >= 11 is 0. The summed E-state index contributed by atoms with van der Waals surface area (Å²) < 4.78 is 25.2. The van der Waals surface area contributed by atoms with Crippen LogP contribution in [0, 0.1) is 0 Å². The predicted molar refractivity (Wildman–Crippen MR) is 42.1 cm³/mol. The molecule has 0 rings (SSSR count). The van der Waals surface area contributed by atoms with Crippen LogP contribution in [-0.4, -0.2) is 17.3 Å². The first-order valence-corrected chi connectivity index (χ1v) is 7.09. The van der Waals surface area contributed by atoms with Crippen LogP contribution in [0.3, 0.4) is 0 Å². The standard InChI is InChI=1S/C5H14O7P2.3K/c1-2-3-4-12-14(10,11)5(6)13(7,8)9;;;/h5-6H,2-4H2,1H3,(H,10,11)(H2,7,8,9);;;/q;3*+1/p-3. The zero-order valence-electron chi connectivity index (χ0n) is 10.5. The van der Waals surface area contributed by atoms with Gasteiger partial charge in [-0.15, -0.1) is 0 Å². The van der Waals surface area contributed by atoms with Crippen LogP contribution in [0.1, 0.15) is 19.8 Å². The molecule has 0 aliphatic rings. The van der Waals surface area contributed by atoms with Gasteiger partial charge >= 0.3 is 154 Å². The molecule has 12 heteroatoms. The summed E-state index contributed by atoms with van der Waals surface area (Å²) in [6, 6.07) is 0. The third-order valence-corrected chi connectivity index (χ3v) is 4.71. The first-order valence-electron chi connectivity index (χ1n) is 3.87. The summed E-state index contributed by atoms with van der Waals surface area (Å²) in [6.45, 7) is 1.52. The monoisotopic (exact) mass is 362 g/mol. The van der Waals surface area contributed by atoms with Gasteiger partial charge in [0.1, 0.15) is 5.59 Å². The zero-order valence-corrected chi connectivity index (χ0v) is 21.6. The van der Waals surface area contributed by atoms with E-state index >= 15 is 0 Å². The molecular weight excluding hydrogens is 351 g/mol. The second-order valence-electron chi connectivity index (χ2n) is 2.61. The van der Waals surface area contributed by atoms with Gasteiger partial charge in [-0.3, -0.25) is 0 Å². The Morgan fingerprint density at radius 1 is 1.18 bits per heavy atom. The Kier molecular flexibility index (Phi) is 26.1. The van der Waals surface area contributed by atoms with Gasteiger partial charge in [-0.05, 0) is 14.0 Å². The molecule has 0 aliphatic carbocycles. The molecule has 86 valence electrons. The summed E-state index contributed by atoms with van der Waals surface area (Å²) in [5.74, 6) is 0. The Morgan fingerprint density at radius 3 is 1.88 bits per heavy atom. The molecule has 0 bridgehead atoms. The van der Waals surface area contributed by atoms with E-state index in [-0.39, 0.29) is 161 Å². The summed E-state index contributed by atoms with van der Waals surface area (Å²) in [4.78, 5) is 31.2. The van der Waals surface area contributed by atoms with Crippen LogP contribution in [0.25, 0.3) is 0 Å². The van der Waals surface area contributed by atoms with Crippen molar-refractivity contribution in [1.82, 2.24) is 0 Å². The van der Waals surface area contributed by atoms with E-state index in [4.69, 9.17) is 5.11 Å². The summed E-state index contributed by atoms with van der Waals surface area (Å²) in [5, 5.41) is 8.62. The molecule has 2 atom stereocenters. The fourth-order valence-electron chi connectivity index (χ4n) is 0.576. The van der Waals surface area contributed by atoms with Crippen molar-refractivity contribution in [3.05, 3.63) is 0 Å². The van der Waals surface area contributed by atoms with Crippen molar-refractivity contribution >= 4 is 15.2 Å². The largest absolute Gasteiger partial charge is 1.00 e. The second-order valence-corrected chi connectivity index (χ2v) is 6.42. The van der Waals surface area contributed by atoms with Gasteiger partial charge in [0.25, 0.3) is 0 Å². The average Bonchev–Trinajstić information content (AvgIpc) is 2.01. The van der Waals surface area contributed by atoms with Gasteiger partial charge in [0.05, 0.1) is 6.61 Å². The number of unbranched alkanes of at least 4 members (excludes halogenated alkanes) is 1. The van der Waals surface area contributed by atoms with E-state index in [9.17, 15) is 23.8 Å². The number of rotatable bonds is 6. The van der Waals surface area contributed by atoms with E-state index in [1.165, 1.54) is 0 Å². The molecule has 0 saturated heterocycles. The quantitative estimate of drug-likeness (QED) is 0.282. The number of hydrogen-bond acceptors (Lipinski definition) is 7. The van der Waals surface area contributed by atoms with Crippen LogP contribution in [0.15, 0.2) is 0 Å². The Hall–Kier alpha value is 5.17. The molecule has 2 unspecified atom stereocenters. The Morgan fingerprint density at radius 2 is 1.59 bits per heavy atom. The van der Waals surface area contributed by atoms with Gasteiger partial charge in [0.2, 0.25) is 0 Å². The molecular formula is C5H11K3O7P2. The van der Waals surface area contributed by atoms with E-state index in [0.29, 0.717) is 12.8 Å². The van der Waals surface area contributed by atoms with Crippen molar-refractivity contribution in [2.45, 2.75) is 25.4 Å². The normalized spacial score (nSPS) is 15.6. The molecule has 0 aromatic heterocycles. The van der Waals surface area contributed by atoms with E-state index in [0.717, 1.165) is 0 Å². The minimum atomic E-state index is -5.57. The molecule has 0 saturated carbocycles. The van der Waals surface area contributed by atoms with Gasteiger partial charge in [0, 0.05) is 0 Å². The maximum Gasteiger partial charge on any atom is 1.00 e. The van der Waals surface area contributed by atoms with Crippen LogP contribution >= 0.6 is 15.2 Å². The van der Waals surface area contributed by atoms with Crippen molar-refractivity contribution in [2.24, 2.45) is 0 Å². The number of aliphatic hydroxyl groups excluding tert-OH is 1. The molecule has 0 radical (unpaired) electrons. The average molecular weight is 362 g/mol. The Labute approximate surface area is 228 Å². The third kappa shape index (κ3) is 14.5. The van der Waals surface area contributed by atoms with Crippen molar-refractivity contribution in [1.29, 1.82) is 0 Å². The SMILES string of the molecule is CCCCOP(=O)([O-])C(O)P(=O)([O-])[O-].[K+].[K+].[K+]. The second kappa shape index (κ2) is 14.7. The van der Waals surface area contributed by atoms with Crippen LogP contribution in [0.5, 0.6) is 0 Å². The molecule has 0 amide bonds. The molecule has 7 nitrogen and oxygen atoms in total. The third-order valence-electron chi connectivity index (χ3n) is 1.33. The maximum atomic E-state index is 10.8. The van der Waals surface area contributed by atoms with E-state index in [1.807, 2.05) is 0 Å². The zero-order chi connectivity index (χ0) is 11.4. The summed E-state index contributed by atoms with van der Waals surface area (Å²) in [6.07, 6.45) is 1.03. The summed E-state index contributed by atoms with van der Waals surface area (Å²) in [5.41, 5.74) is -2.99. The first kappa shape index (κ1) is 30.1. The fraction of sp³-hybridized carbons (Fsp3) is 1.00. The van der Waals surface area contributed by atoms with E-state index in [1.54, 1.807) is 6.92 Å². The van der Waals surface area contributed by atoms with Crippen LogP contribution < -0.4 is 169 Å². The molecule has 0 fully saturated rings. The van der Waals surface area contributed by atoms with Gasteiger partial charge in [-0.1, -0.05) is 13.3 Å². The van der Waals surface area contributed by atoms with Crippen molar-refractivity contribution in [3.8, 4) is 0 Å². The van der Waals surface area contributed by atoms with E-state index in [2.05, 4.69) is 4.52 Å². The van der Waals surface area contributed by atoms with Crippen LogP contribution in [0.4, 0.5) is 0 Å². The summed E-state index contributed by atoms with van der Waals surface area (Å²) in [7, 11) is -10.6. The first-order chi connectivity index (χ1) is 6.22. The molecule has 1 N–H and O–H groups in total. The van der Waals surface area contributed by atoms with Crippen molar-refractivity contribution < 1.29 is 188 Å². The van der Waals surface area contributed by atoms with E-state index < -0.39 is 20.8 Å². The van der Waals surface area contributed by atoms with Crippen LogP contribution in [-0.2, 0) is 13.7 Å². The minimum Gasteiger partial charge on any atom is -0.809 e. The van der Waals surface area contributed by atoms with Gasteiger partial charge in [-0.25, -0.2) is 0 Å². The minimum absolute atomic E-state index is 0. The molecule has 0 spiro atoms. The number of aliphatic hydroxyl groups is 1. The van der Waals surface area contributed by atoms with Gasteiger partial charge in [0.15, 0.2) is 7.60 Å². The smallest absolute Gasteiger partial charge is 0.809 e. The van der Waals surface area contributed by atoms with Crippen molar-refractivity contribution in [2.75, 3.05) is 6.61 Å². The fourth-order valence-corrected chi connectivity index (χ4v) is 2.68. The van der Waals surface area contributed by atoms with Gasteiger partial charge in [-0.2, -0.15) is 0 Å². The molecule has 0 heterocycles. The molecule has 0 aromatic rings. The molecule has 17 heavy (non-hydrogen) atoms. The molecule has 0 aromatic carbocycles. The Balaban J connectivity index is -0.000000282. The van der Waals surface area contributed by atoms with Crippen LogP contribution in [0.2, 0.25) is 0 Å². The van der Waals surface area contributed by atoms with Gasteiger partial charge < -0.3 is 33.4 Å².